The van der Waals surface area contributed by atoms with Crippen LogP contribution in [0.1, 0.15) is 153 Å². The van der Waals surface area contributed by atoms with E-state index in [4.69, 9.17) is 25.4 Å². The average molecular weight is 1520 g/mol. The summed E-state index contributed by atoms with van der Waals surface area (Å²) in [7, 11) is 0. The number of carbonyl (C=O) groups excluding carboxylic acids is 14. The summed E-state index contributed by atoms with van der Waals surface area (Å²) in [5.41, 5.74) is 4.95. The number of ether oxygens (including phenoxy) is 3. The molecule has 36 nitrogen and oxygen atoms in total. The van der Waals surface area contributed by atoms with Crippen molar-refractivity contribution in [3.63, 3.8) is 0 Å². The molecule has 1 heterocycles. The van der Waals surface area contributed by atoms with Gasteiger partial charge >= 0.3 is 18.0 Å². The molecule has 3 rings (SSSR count). The predicted molar refractivity (Wildman–Crippen MR) is 391 cm³/mol. The number of benzene rings is 2. The first-order valence-electron chi connectivity index (χ1n) is 36.0. The van der Waals surface area contributed by atoms with Crippen molar-refractivity contribution in [1.29, 1.82) is 5.41 Å². The third kappa shape index (κ3) is 31.8. The summed E-state index contributed by atoms with van der Waals surface area (Å²) in [6.45, 7) is 18.5. The predicted octanol–water partition coefficient (Wildman–Crippen LogP) is -2.28. The molecule has 15 atom stereocenters. The minimum absolute atomic E-state index is 0.0152. The van der Waals surface area contributed by atoms with Gasteiger partial charge in [0.15, 0.2) is 24.2 Å². The molecule has 20 N–H and O–H groups in total. The van der Waals surface area contributed by atoms with E-state index in [9.17, 15) is 73.2 Å². The van der Waals surface area contributed by atoms with Gasteiger partial charge in [0.1, 0.15) is 73.1 Å². The lowest BCUT2D eigenvalue weighted by Crippen LogP contribution is -2.64. The molecule has 0 unspecified atom stereocenters. The van der Waals surface area contributed by atoms with Crippen LogP contribution in [0.2, 0.25) is 0 Å². The Labute approximate surface area is 628 Å². The molecule has 0 aliphatic carbocycles. The van der Waals surface area contributed by atoms with E-state index in [0.717, 1.165) is 6.92 Å². The maximum Gasteiger partial charge on any atom is 0.408 e. The number of hydrogen-bond donors (Lipinski definition) is 19. The number of aliphatic hydroxyl groups excluding tert-OH is 4. The van der Waals surface area contributed by atoms with Crippen LogP contribution in [-0.4, -0.2) is 220 Å². The first-order valence-corrected chi connectivity index (χ1v) is 36.0. The number of carbonyl (C=O) groups is 14. The molecule has 12 amide bonds. The smallest absolute Gasteiger partial charge is 0.408 e. The molecule has 2 aromatic carbocycles. The highest BCUT2D eigenvalue weighted by Crippen LogP contribution is 2.25. The fourth-order valence-corrected chi connectivity index (χ4v) is 10.8. The van der Waals surface area contributed by atoms with E-state index in [1.165, 1.54) is 44.2 Å². The number of cyclic esters (lactones) is 1. The zero-order valence-electron chi connectivity index (χ0n) is 63.8. The highest BCUT2D eigenvalue weighted by molar-refractivity contribution is 6.01. The van der Waals surface area contributed by atoms with Gasteiger partial charge in [0, 0.05) is 6.54 Å². The second-order valence-electron chi connectivity index (χ2n) is 29.1. The second kappa shape index (κ2) is 44.9. The van der Waals surface area contributed by atoms with Crippen molar-refractivity contribution in [1.82, 2.24) is 69.1 Å². The molecule has 602 valence electrons. The molecular weight excluding hydrogens is 1410 g/mol. The SMILES string of the molecule is CC[C@H](C)[C@@H]1NC(=O)[C@@H](CCCNC(=N)N)NC(=O)[C@H](CC(C)C)NC(=O)[C@H]([C@H](O)C(C)C)NC(=O)[C@@H](NC(=O)[C@H](CC(C)C)NC(=O)[C@@H](CC(C)C)NC(=O)OC(C)(C)C)[C@@H](c2ccccc2)OC(=O)[C@H](CO)NC(=O)[C@H]([C@H](O)C(=O)NCC(=O)OCc2ccccc2)NC(=O)CNC(=O)[C@H]([C@H](C)O)NC1=O. The van der Waals surface area contributed by atoms with Crippen LogP contribution in [0.3, 0.4) is 0 Å². The van der Waals surface area contributed by atoms with Gasteiger partial charge < -0.3 is 109 Å². The Bertz CT molecular complexity index is 3380. The number of rotatable bonds is 28. The van der Waals surface area contributed by atoms with E-state index in [2.05, 4.69) is 63.8 Å². The Morgan fingerprint density at radius 1 is 0.620 bits per heavy atom. The third-order valence-corrected chi connectivity index (χ3v) is 16.8. The Morgan fingerprint density at radius 2 is 1.16 bits per heavy atom. The molecule has 1 fully saturated rings. The molecular formula is C72H113N15O21. The van der Waals surface area contributed by atoms with Gasteiger partial charge in [-0.2, -0.15) is 0 Å². The quantitative estimate of drug-likeness (QED) is 0.0140. The molecule has 108 heavy (non-hydrogen) atoms. The fraction of sp³-hybridized carbons (Fsp3) is 0.625. The van der Waals surface area contributed by atoms with Crippen LogP contribution in [0, 0.1) is 35.0 Å². The summed E-state index contributed by atoms with van der Waals surface area (Å²) >= 11 is 0. The van der Waals surface area contributed by atoms with Crippen LogP contribution in [0.15, 0.2) is 60.7 Å². The lowest BCUT2D eigenvalue weighted by Gasteiger charge is -2.34. The zero-order chi connectivity index (χ0) is 81.4. The van der Waals surface area contributed by atoms with Gasteiger partial charge in [0.25, 0.3) is 5.91 Å². The summed E-state index contributed by atoms with van der Waals surface area (Å²) in [6, 6.07) is -3.62. The molecule has 0 radical (unpaired) electrons. The van der Waals surface area contributed by atoms with Crippen molar-refractivity contribution in [3.8, 4) is 0 Å². The molecule has 1 aliphatic rings. The number of guanidine groups is 1. The van der Waals surface area contributed by atoms with Crippen LogP contribution in [0.5, 0.6) is 0 Å². The number of hydrogen-bond acceptors (Lipinski definition) is 22. The number of alkyl carbamates (subject to hydrolysis) is 1. The van der Waals surface area contributed by atoms with Gasteiger partial charge in [0.05, 0.1) is 25.4 Å². The summed E-state index contributed by atoms with van der Waals surface area (Å²) in [4.78, 5) is 202. The maximum atomic E-state index is 15.7. The standard InChI is InChI=1S/C72H113N15O21/c1-15-40(10)51-64(99)85-52(41(11)89)63(98)76-32-49(90)83-54(57(93)68(103)77-33-50(91)106-35-42-23-18-16-19-24-42)66(101)81-48(34-88)69(104)107-58(43-25-20-17-21-26-43)55(87-62(97)46(30-37(4)5)79-61(96)47(31-38(6)7)82-71(105)108-72(12,13)14)67(102)86-53(56(92)39(8)9)65(100)80-45(29-36(2)3)60(95)78-44(59(94)84-51)27-22-28-75-70(73)74/h16-21,23-26,36-41,44-48,51-58,88-89,92-93H,15,22,27-35H2,1-14H3,(H,76,98)(H,77,103)(H,78,95)(H,79,96)(H,80,100)(H,81,101)(H,82,105)(H,83,90)(H,84,94)(H,85,99)(H,86,102)(H,87,97)(H4,73,74,75)/t40-,41-,44+,45-,46-,47+,48-,51-,52-,53-,54-,55-,56+,57-,58+/m0/s1. The van der Waals surface area contributed by atoms with Crippen LogP contribution in [0.25, 0.3) is 0 Å². The summed E-state index contributed by atoms with van der Waals surface area (Å²) in [5.74, 6) is -19.5. The first kappa shape index (κ1) is 92.1. The zero-order valence-corrected chi connectivity index (χ0v) is 63.8. The van der Waals surface area contributed by atoms with Crippen molar-refractivity contribution in [3.05, 3.63) is 71.8 Å². The first-order chi connectivity index (χ1) is 50.6. The van der Waals surface area contributed by atoms with E-state index in [-0.39, 0.29) is 63.2 Å². The average Bonchev–Trinajstić information content (AvgIpc) is 0.813. The molecule has 2 aromatic rings. The van der Waals surface area contributed by atoms with Gasteiger partial charge in [-0.25, -0.2) is 9.59 Å². The van der Waals surface area contributed by atoms with Crippen molar-refractivity contribution < 1.29 is 102 Å². The highest BCUT2D eigenvalue weighted by atomic mass is 16.6. The van der Waals surface area contributed by atoms with E-state index >= 15 is 14.4 Å². The van der Waals surface area contributed by atoms with Crippen LogP contribution in [-0.2, 0) is 83.1 Å². The molecule has 1 saturated heterocycles. The minimum atomic E-state index is -2.72. The third-order valence-electron chi connectivity index (χ3n) is 16.8. The number of aliphatic hydroxyl groups is 4. The van der Waals surface area contributed by atoms with E-state index in [1.807, 2.05) is 5.32 Å². The van der Waals surface area contributed by atoms with Gasteiger partial charge in [-0.05, 0) is 101 Å². The van der Waals surface area contributed by atoms with E-state index in [1.54, 1.807) is 106 Å². The summed E-state index contributed by atoms with van der Waals surface area (Å²) in [5, 5.41) is 84.6. The monoisotopic (exact) mass is 1520 g/mol. The van der Waals surface area contributed by atoms with Crippen LogP contribution < -0.4 is 74.9 Å². The summed E-state index contributed by atoms with van der Waals surface area (Å²) < 4.78 is 16.7. The molecule has 0 spiro atoms. The number of esters is 2. The van der Waals surface area contributed by atoms with Gasteiger partial charge in [-0.3, -0.25) is 62.9 Å². The lowest BCUT2D eigenvalue weighted by atomic mass is 9.95. The Morgan fingerprint density at radius 3 is 1.70 bits per heavy atom. The van der Waals surface area contributed by atoms with Crippen LogP contribution in [0.4, 0.5) is 4.79 Å². The molecule has 0 bridgehead atoms. The van der Waals surface area contributed by atoms with Gasteiger partial charge in [0.2, 0.25) is 59.1 Å². The summed E-state index contributed by atoms with van der Waals surface area (Å²) in [6.07, 6.45) is -9.82. The molecule has 0 aromatic heterocycles. The second-order valence-corrected chi connectivity index (χ2v) is 29.1. The topological polar surface area (TPSA) is 554 Å². The normalized spacial score (nSPS) is 22.5. The maximum absolute atomic E-state index is 15.7. The fourth-order valence-electron chi connectivity index (χ4n) is 10.8. The Balaban J connectivity index is 2.46. The molecule has 1 aliphatic heterocycles. The Kier molecular flexibility index (Phi) is 38.3. The molecule has 0 saturated carbocycles. The van der Waals surface area contributed by atoms with E-state index < -0.39 is 223 Å². The van der Waals surface area contributed by atoms with Crippen molar-refractivity contribution in [2.75, 3.05) is 26.2 Å². The van der Waals surface area contributed by atoms with Gasteiger partial charge in [-0.1, -0.05) is 136 Å². The number of nitrogens with two attached hydrogens (primary N) is 1. The van der Waals surface area contributed by atoms with Crippen molar-refractivity contribution >= 4 is 89.0 Å². The number of nitrogens with one attached hydrogen (secondary N) is 14. The van der Waals surface area contributed by atoms with Crippen molar-refractivity contribution in [2.45, 2.75) is 232 Å². The van der Waals surface area contributed by atoms with E-state index in [0.29, 0.717) is 5.56 Å². The minimum Gasteiger partial charge on any atom is -0.460 e. The molecule has 36 heteroatoms. The highest BCUT2D eigenvalue weighted by Gasteiger charge is 2.44. The largest absolute Gasteiger partial charge is 0.460 e. The number of amides is 12. The van der Waals surface area contributed by atoms with Crippen molar-refractivity contribution in [2.24, 2.45) is 35.3 Å². The lowest BCUT2D eigenvalue weighted by molar-refractivity contribution is -0.159. The Hall–Kier alpha value is -10.1. The van der Waals surface area contributed by atoms with Gasteiger partial charge in [-0.15, -0.1) is 0 Å². The van der Waals surface area contributed by atoms with Crippen LogP contribution >= 0.6 is 0 Å².